The van der Waals surface area contributed by atoms with E-state index in [1.165, 1.54) is 0 Å². The van der Waals surface area contributed by atoms with Crippen LogP contribution < -0.4 is 5.32 Å². The van der Waals surface area contributed by atoms with Crippen LogP contribution >= 0.6 is 0 Å². The predicted molar refractivity (Wildman–Crippen MR) is 53.9 cm³/mol. The predicted octanol–water partition coefficient (Wildman–Crippen LogP) is 1.37. The third-order valence-corrected chi connectivity index (χ3v) is 1.57. The molecule has 0 spiro atoms. The highest BCUT2D eigenvalue weighted by molar-refractivity contribution is 5.79. The van der Waals surface area contributed by atoms with Crippen molar-refractivity contribution in [2.75, 3.05) is 19.8 Å². The molecule has 0 saturated carbocycles. The standard InChI is InChI=1S/C10H21NO2/c1-4-7-13-8-10(12)5-6-11-9(2)3/h9,11H,4-8H2,1-3H3. The van der Waals surface area contributed by atoms with Crippen molar-refractivity contribution in [2.24, 2.45) is 0 Å². The van der Waals surface area contributed by atoms with Gasteiger partial charge in [0.05, 0.1) is 0 Å². The van der Waals surface area contributed by atoms with Gasteiger partial charge in [0.1, 0.15) is 6.61 Å². The average molecular weight is 187 g/mol. The third kappa shape index (κ3) is 9.50. The zero-order chi connectivity index (χ0) is 10.1. The monoisotopic (exact) mass is 187 g/mol. The summed E-state index contributed by atoms with van der Waals surface area (Å²) in [7, 11) is 0. The van der Waals surface area contributed by atoms with Crippen LogP contribution in [0.1, 0.15) is 33.6 Å². The first-order valence-electron chi connectivity index (χ1n) is 4.99. The van der Waals surface area contributed by atoms with E-state index in [1.54, 1.807) is 0 Å². The van der Waals surface area contributed by atoms with Gasteiger partial charge in [0.2, 0.25) is 0 Å². The number of hydrogen-bond donors (Lipinski definition) is 1. The van der Waals surface area contributed by atoms with E-state index >= 15 is 0 Å². The largest absolute Gasteiger partial charge is 0.374 e. The lowest BCUT2D eigenvalue weighted by Crippen LogP contribution is -2.26. The summed E-state index contributed by atoms with van der Waals surface area (Å²) in [6.07, 6.45) is 1.54. The van der Waals surface area contributed by atoms with Crippen LogP contribution in [-0.2, 0) is 9.53 Å². The molecular formula is C10H21NO2. The Morgan fingerprint density at radius 3 is 2.69 bits per heavy atom. The van der Waals surface area contributed by atoms with E-state index in [9.17, 15) is 4.79 Å². The Morgan fingerprint density at radius 2 is 2.15 bits per heavy atom. The smallest absolute Gasteiger partial charge is 0.159 e. The molecule has 0 aliphatic carbocycles. The van der Waals surface area contributed by atoms with Crippen LogP contribution in [0.2, 0.25) is 0 Å². The fourth-order valence-corrected chi connectivity index (χ4v) is 0.903. The maximum Gasteiger partial charge on any atom is 0.159 e. The number of carbonyl (C=O) groups excluding carboxylic acids is 1. The van der Waals surface area contributed by atoms with Crippen molar-refractivity contribution in [3.63, 3.8) is 0 Å². The number of carbonyl (C=O) groups is 1. The van der Waals surface area contributed by atoms with Crippen LogP contribution in [-0.4, -0.2) is 31.6 Å². The number of nitrogens with one attached hydrogen (secondary N) is 1. The van der Waals surface area contributed by atoms with Gasteiger partial charge in [-0.1, -0.05) is 20.8 Å². The van der Waals surface area contributed by atoms with E-state index in [-0.39, 0.29) is 12.4 Å². The maximum absolute atomic E-state index is 11.1. The maximum atomic E-state index is 11.1. The molecule has 0 aromatic carbocycles. The second-order valence-electron chi connectivity index (χ2n) is 3.45. The number of ketones is 1. The van der Waals surface area contributed by atoms with Gasteiger partial charge in [-0.3, -0.25) is 4.79 Å². The van der Waals surface area contributed by atoms with Crippen molar-refractivity contribution in [3.05, 3.63) is 0 Å². The van der Waals surface area contributed by atoms with Crippen LogP contribution in [0.25, 0.3) is 0 Å². The molecule has 0 bridgehead atoms. The Balaban J connectivity index is 3.20. The molecular weight excluding hydrogens is 166 g/mol. The molecule has 3 nitrogen and oxygen atoms in total. The summed E-state index contributed by atoms with van der Waals surface area (Å²) in [5.41, 5.74) is 0. The first kappa shape index (κ1) is 12.6. The van der Waals surface area contributed by atoms with Gasteiger partial charge in [0, 0.05) is 25.6 Å². The first-order valence-corrected chi connectivity index (χ1v) is 4.99. The summed E-state index contributed by atoms with van der Waals surface area (Å²) >= 11 is 0. The van der Waals surface area contributed by atoms with Crippen molar-refractivity contribution in [3.8, 4) is 0 Å². The quantitative estimate of drug-likeness (QED) is 0.583. The average Bonchev–Trinajstić information content (AvgIpc) is 2.04. The zero-order valence-electron chi connectivity index (χ0n) is 8.93. The molecule has 3 heteroatoms. The molecule has 13 heavy (non-hydrogen) atoms. The number of ether oxygens (including phenoxy) is 1. The molecule has 0 aliphatic rings. The van der Waals surface area contributed by atoms with Crippen LogP contribution in [0.15, 0.2) is 0 Å². The molecule has 1 N–H and O–H groups in total. The van der Waals surface area contributed by atoms with Crippen molar-refractivity contribution < 1.29 is 9.53 Å². The Labute approximate surface area is 80.8 Å². The minimum absolute atomic E-state index is 0.182. The first-order chi connectivity index (χ1) is 6.16. The zero-order valence-corrected chi connectivity index (χ0v) is 8.93. The second-order valence-corrected chi connectivity index (χ2v) is 3.45. The van der Waals surface area contributed by atoms with Crippen molar-refractivity contribution in [1.82, 2.24) is 5.32 Å². The molecule has 0 atom stereocenters. The molecule has 0 radical (unpaired) electrons. The highest BCUT2D eigenvalue weighted by atomic mass is 16.5. The van der Waals surface area contributed by atoms with Crippen molar-refractivity contribution >= 4 is 5.78 Å². The molecule has 0 unspecified atom stereocenters. The number of Topliss-reactive ketones (excluding diaryl/α,β-unsaturated/α-hetero) is 1. The number of rotatable bonds is 8. The van der Waals surface area contributed by atoms with E-state index in [0.29, 0.717) is 19.1 Å². The normalized spacial score (nSPS) is 10.8. The van der Waals surface area contributed by atoms with E-state index in [1.807, 2.05) is 6.92 Å². The Bertz CT molecular complexity index is 135. The van der Waals surface area contributed by atoms with Crippen LogP contribution in [0.5, 0.6) is 0 Å². The summed E-state index contributed by atoms with van der Waals surface area (Å²) < 4.78 is 5.12. The fourth-order valence-electron chi connectivity index (χ4n) is 0.903. The summed E-state index contributed by atoms with van der Waals surface area (Å²) in [5, 5.41) is 3.19. The van der Waals surface area contributed by atoms with Crippen LogP contribution in [0.4, 0.5) is 0 Å². The highest BCUT2D eigenvalue weighted by Crippen LogP contribution is 1.87. The van der Waals surface area contributed by atoms with Crippen molar-refractivity contribution in [1.29, 1.82) is 0 Å². The van der Waals surface area contributed by atoms with Gasteiger partial charge >= 0.3 is 0 Å². The molecule has 0 amide bonds. The van der Waals surface area contributed by atoms with Crippen LogP contribution in [0.3, 0.4) is 0 Å². The molecule has 0 fully saturated rings. The van der Waals surface area contributed by atoms with Gasteiger partial charge in [-0.15, -0.1) is 0 Å². The van der Waals surface area contributed by atoms with Gasteiger partial charge in [0.25, 0.3) is 0 Å². The van der Waals surface area contributed by atoms with Gasteiger partial charge < -0.3 is 10.1 Å². The minimum atomic E-state index is 0.182. The molecule has 78 valence electrons. The topological polar surface area (TPSA) is 38.3 Å². The summed E-state index contributed by atoms with van der Waals surface area (Å²) in [6, 6.07) is 0.448. The Kier molecular flexibility index (Phi) is 7.94. The lowest BCUT2D eigenvalue weighted by atomic mass is 10.3. The summed E-state index contributed by atoms with van der Waals surface area (Å²) in [4.78, 5) is 11.1. The molecule has 0 aromatic rings. The van der Waals surface area contributed by atoms with Gasteiger partial charge in [-0.05, 0) is 6.42 Å². The SMILES string of the molecule is CCCOCC(=O)CCNC(C)C. The Morgan fingerprint density at radius 1 is 1.46 bits per heavy atom. The van der Waals surface area contributed by atoms with Crippen molar-refractivity contribution in [2.45, 2.75) is 39.7 Å². The number of hydrogen-bond acceptors (Lipinski definition) is 3. The molecule has 0 aliphatic heterocycles. The fraction of sp³-hybridized carbons (Fsp3) is 0.900. The molecule has 0 rings (SSSR count). The molecule has 0 heterocycles. The second kappa shape index (κ2) is 8.20. The highest BCUT2D eigenvalue weighted by Gasteiger charge is 2.01. The van der Waals surface area contributed by atoms with E-state index in [4.69, 9.17) is 4.74 Å². The van der Waals surface area contributed by atoms with Crippen LogP contribution in [0, 0.1) is 0 Å². The summed E-state index contributed by atoms with van der Waals surface area (Å²) in [5.74, 6) is 0.182. The van der Waals surface area contributed by atoms with Gasteiger partial charge in [0.15, 0.2) is 5.78 Å². The molecule has 0 aromatic heterocycles. The van der Waals surface area contributed by atoms with Gasteiger partial charge in [-0.25, -0.2) is 0 Å². The lowest BCUT2D eigenvalue weighted by Gasteiger charge is -2.07. The third-order valence-electron chi connectivity index (χ3n) is 1.57. The van der Waals surface area contributed by atoms with E-state index < -0.39 is 0 Å². The molecule has 0 saturated heterocycles. The van der Waals surface area contributed by atoms with E-state index in [0.717, 1.165) is 13.0 Å². The summed E-state index contributed by atoms with van der Waals surface area (Å²) in [6.45, 7) is 7.88. The Hall–Kier alpha value is -0.410. The van der Waals surface area contributed by atoms with Gasteiger partial charge in [-0.2, -0.15) is 0 Å². The lowest BCUT2D eigenvalue weighted by molar-refractivity contribution is -0.123. The minimum Gasteiger partial charge on any atom is -0.374 e. The van der Waals surface area contributed by atoms with E-state index in [2.05, 4.69) is 19.2 Å².